The SMILES string of the molecule is CC[C@H](C)[C@@H]([C@@H](CC(=O)N1CCC[C@H]1[C@H](OC)[C@@H](C)C(=O)C[C@@H](Cc1ccccc1)C(=O)NC(CCC(=O)O)OC=O)OC)N(C)C(=O)[C@@H](CC(=O)[C@H](C(C)C)N(C)C(C)C)C(C)C.CC[C@H](C)[C@@H]([C@@H](CC(=O)N1CCC[C@H]1[C@H](OC)[C@@H](C)C(=O)C[C@@H](Cc1ccccc1)C(=O)Nc1ccc(N)cc1)OC)N(C)C(=O)[C@@H](CC(=O)[C@H](C(C)C)N(C)C(C)C)C(C)C. The van der Waals surface area contributed by atoms with Crippen LogP contribution >= 0.6 is 0 Å². The number of carbonyl (C=O) groups is 12. The van der Waals surface area contributed by atoms with Gasteiger partial charge in [0.25, 0.3) is 6.47 Å². The maximum absolute atomic E-state index is 14.5. The van der Waals surface area contributed by atoms with Gasteiger partial charge < -0.3 is 64.8 Å². The number of ether oxygens (including phenoxy) is 5. The molecule has 2 saturated heterocycles. The molecular weight excluding hydrogens is 1600 g/mol. The molecule has 1 unspecified atom stereocenters. The molecule has 0 aromatic heterocycles. The van der Waals surface area contributed by atoms with E-state index in [0.717, 1.165) is 24.0 Å². The van der Waals surface area contributed by atoms with Crippen LogP contribution in [0, 0.1) is 71.0 Å². The lowest BCUT2D eigenvalue weighted by molar-refractivity contribution is -0.149. The van der Waals surface area contributed by atoms with E-state index in [9.17, 15) is 57.5 Å². The topological polar surface area (TPSA) is 341 Å². The van der Waals surface area contributed by atoms with Crippen LogP contribution in [0.5, 0.6) is 0 Å². The Morgan fingerprint density at radius 1 is 0.492 bits per heavy atom. The molecular formula is C99H159N9O18. The number of carboxylic acid groups (broad SMARTS) is 1. The van der Waals surface area contributed by atoms with Crippen molar-refractivity contribution in [1.29, 1.82) is 0 Å². The molecule has 2 heterocycles. The Labute approximate surface area is 753 Å². The third-order valence-electron chi connectivity index (χ3n) is 26.8. The molecule has 0 saturated carbocycles. The van der Waals surface area contributed by atoms with Gasteiger partial charge in [0.1, 0.15) is 11.6 Å². The first-order chi connectivity index (χ1) is 59.4. The van der Waals surface area contributed by atoms with Crippen molar-refractivity contribution < 1.29 is 86.3 Å². The Hall–Kier alpha value is -8.34. The van der Waals surface area contributed by atoms with Crippen LogP contribution in [-0.2, 0) is 94.1 Å². The Balaban J connectivity index is 0.000000528. The quantitative estimate of drug-likeness (QED) is 0.0232. The van der Waals surface area contributed by atoms with Crippen LogP contribution in [0.25, 0.3) is 0 Å². The van der Waals surface area contributed by atoms with Gasteiger partial charge in [-0.05, 0) is 151 Å². The average Bonchev–Trinajstić information content (AvgIpc) is 1.35. The van der Waals surface area contributed by atoms with E-state index in [2.05, 4.69) is 62.0 Å². The summed E-state index contributed by atoms with van der Waals surface area (Å²) < 4.78 is 29.2. The summed E-state index contributed by atoms with van der Waals surface area (Å²) in [6.45, 7) is 37.1. The highest BCUT2D eigenvalue weighted by atomic mass is 16.5. The smallest absolute Gasteiger partial charge is 0.303 e. The molecule has 2 fully saturated rings. The normalized spacial score (nSPS) is 18.4. The molecule has 2 aliphatic heterocycles. The number of carboxylic acids is 1. The summed E-state index contributed by atoms with van der Waals surface area (Å²) in [5, 5.41) is 14.7. The van der Waals surface area contributed by atoms with Crippen molar-refractivity contribution in [3.05, 3.63) is 96.1 Å². The van der Waals surface area contributed by atoms with E-state index in [1.54, 1.807) is 81.3 Å². The molecule has 2 aliphatic rings. The van der Waals surface area contributed by atoms with Crippen LogP contribution in [0.4, 0.5) is 11.4 Å². The van der Waals surface area contributed by atoms with Crippen molar-refractivity contribution in [1.82, 2.24) is 34.7 Å². The van der Waals surface area contributed by atoms with Gasteiger partial charge in [0.15, 0.2) is 17.8 Å². The highest BCUT2D eigenvalue weighted by Crippen LogP contribution is 2.36. The minimum Gasteiger partial charge on any atom is -0.481 e. The standard InChI is InChI=1S/C50H79N5O7.C49H80N4O11/c1-14-34(8)47(54(11)50(60)40(31(2)3)29-43(57)46(32(4)5)53(10)33(6)7)44(61-12)30-45(58)55-26-18-21-41(55)48(62-13)35(9)42(56)28-37(27-36-19-16-15-17-20-36)49(59)52-39-24-22-38(51)23-25-39;1-14-33(8)46(52(11)49(61)37(30(2)3)27-40(56)45(31(4)5)51(10)32(6)7)41(62-12)28-43(57)53-24-18-21-38(53)47(63-13)34(9)39(55)26-36(25-35-19-16-15-17-20-35)48(60)50-42(64-29-54)22-23-44(58)59/h15-17,19-20,22-25,31-35,37,40-41,44,46-48H,14,18,21,26-30,51H2,1-13H3,(H,52,59);15-17,19-20,29-34,36-38,41-42,45-47H,14,18,21-28H2,1-13H3,(H,50,60)(H,58,59)/t34-,35-,37+,40-,41-,44+,46-,47-,48+;33-,34-,36+,37-,38-,41+,42?,45-,46-,47+/m00/s1. The number of methoxy groups -OCH3 is 4. The number of nitrogens with two attached hydrogens (primary N) is 1. The minimum absolute atomic E-state index is 0.00435. The molecule has 19 atom stereocenters. The molecule has 0 aliphatic carbocycles. The van der Waals surface area contributed by atoms with Crippen LogP contribution in [0.2, 0.25) is 0 Å². The Kier molecular flexibility index (Phi) is 47.3. The largest absolute Gasteiger partial charge is 0.481 e. The van der Waals surface area contributed by atoms with Gasteiger partial charge in [-0.1, -0.05) is 170 Å². The molecule has 0 spiro atoms. The molecule has 5 N–H and O–H groups in total. The monoisotopic (exact) mass is 1760 g/mol. The second kappa shape index (κ2) is 54.2. The number of ketones is 4. The van der Waals surface area contributed by atoms with Gasteiger partial charge in [-0.2, -0.15) is 0 Å². The summed E-state index contributed by atoms with van der Waals surface area (Å²) in [7, 11) is 13.7. The fraction of sp³-hybridized carbons (Fsp3) is 0.697. The number of anilines is 2. The highest BCUT2D eigenvalue weighted by Gasteiger charge is 2.47. The molecule has 5 rings (SSSR count). The first kappa shape index (κ1) is 110. The number of aliphatic carboxylic acids is 1. The minimum atomic E-state index is -1.19. The van der Waals surface area contributed by atoms with E-state index in [0.29, 0.717) is 56.6 Å². The fourth-order valence-electron chi connectivity index (χ4n) is 18.6. The molecule has 27 nitrogen and oxygen atoms in total. The van der Waals surface area contributed by atoms with Gasteiger partial charge >= 0.3 is 5.97 Å². The molecule has 126 heavy (non-hydrogen) atoms. The molecule has 708 valence electrons. The van der Waals surface area contributed by atoms with E-state index in [1.807, 2.05) is 156 Å². The summed E-state index contributed by atoms with van der Waals surface area (Å²) in [4.78, 5) is 175. The number of benzene rings is 3. The number of nitrogen functional groups attached to an aromatic ring is 1. The number of amides is 6. The van der Waals surface area contributed by atoms with Gasteiger partial charge in [-0.3, -0.25) is 67.3 Å². The van der Waals surface area contributed by atoms with Crippen molar-refractivity contribution in [2.45, 2.75) is 306 Å². The van der Waals surface area contributed by atoms with Gasteiger partial charge in [-0.25, -0.2) is 0 Å². The predicted molar refractivity (Wildman–Crippen MR) is 493 cm³/mol. The third kappa shape index (κ3) is 32.1. The van der Waals surface area contributed by atoms with E-state index < -0.39 is 96.2 Å². The first-order valence-electron chi connectivity index (χ1n) is 46.1. The van der Waals surface area contributed by atoms with Gasteiger partial charge in [0.05, 0.1) is 79.9 Å². The Bertz CT molecular complexity index is 3880. The van der Waals surface area contributed by atoms with E-state index >= 15 is 0 Å². The van der Waals surface area contributed by atoms with Gasteiger partial charge in [0.2, 0.25) is 35.4 Å². The van der Waals surface area contributed by atoms with Crippen molar-refractivity contribution >= 4 is 82.4 Å². The zero-order valence-corrected chi connectivity index (χ0v) is 81.0. The molecule has 0 bridgehead atoms. The maximum atomic E-state index is 14.5. The van der Waals surface area contributed by atoms with Gasteiger partial charge in [0, 0.05) is 147 Å². The first-order valence-corrected chi connectivity index (χ1v) is 46.1. The molecule has 0 radical (unpaired) electrons. The average molecular weight is 1760 g/mol. The zero-order chi connectivity index (χ0) is 94.8. The van der Waals surface area contributed by atoms with Crippen LogP contribution < -0.4 is 16.4 Å². The zero-order valence-electron chi connectivity index (χ0n) is 81.0. The molecule has 27 heteroatoms. The van der Waals surface area contributed by atoms with Crippen molar-refractivity contribution in [3.8, 4) is 0 Å². The lowest BCUT2D eigenvalue weighted by atomic mass is 9.83. The van der Waals surface area contributed by atoms with Crippen LogP contribution in [-0.4, -0.2) is 254 Å². The van der Waals surface area contributed by atoms with Crippen molar-refractivity contribution in [2.75, 3.05) is 80.8 Å². The summed E-state index contributed by atoms with van der Waals surface area (Å²) in [6, 6.07) is 23.7. The summed E-state index contributed by atoms with van der Waals surface area (Å²) in [5.41, 5.74) is 8.78. The number of rotatable bonds is 55. The molecule has 6 amide bonds. The van der Waals surface area contributed by atoms with E-state index in [1.165, 1.54) is 7.11 Å². The fourth-order valence-corrected chi connectivity index (χ4v) is 18.6. The molecule has 3 aromatic carbocycles. The number of carbonyl (C=O) groups excluding carboxylic acids is 11. The van der Waals surface area contributed by atoms with Crippen LogP contribution in [0.3, 0.4) is 0 Å². The summed E-state index contributed by atoms with van der Waals surface area (Å²) >= 11 is 0. The van der Waals surface area contributed by atoms with Crippen LogP contribution in [0.1, 0.15) is 226 Å². The lowest BCUT2D eigenvalue weighted by Crippen LogP contribution is -2.54. The number of nitrogens with one attached hydrogen (secondary N) is 2. The maximum Gasteiger partial charge on any atom is 0.303 e. The highest BCUT2D eigenvalue weighted by molar-refractivity contribution is 5.97. The summed E-state index contributed by atoms with van der Waals surface area (Å²) in [5.74, 6) is -6.93. The third-order valence-corrected chi connectivity index (χ3v) is 26.8. The Morgan fingerprint density at radius 2 is 0.865 bits per heavy atom. The molecule has 3 aromatic rings. The Morgan fingerprint density at radius 3 is 1.18 bits per heavy atom. The van der Waals surface area contributed by atoms with Crippen molar-refractivity contribution in [2.24, 2.45) is 71.0 Å². The van der Waals surface area contributed by atoms with E-state index in [-0.39, 0.29) is 183 Å². The number of likely N-dealkylation sites (tertiary alicyclic amines) is 2. The van der Waals surface area contributed by atoms with Crippen molar-refractivity contribution in [3.63, 3.8) is 0 Å². The number of hydrogen-bond acceptors (Lipinski definition) is 20. The predicted octanol–water partition coefficient (Wildman–Crippen LogP) is 13.3. The van der Waals surface area contributed by atoms with Gasteiger partial charge in [-0.15, -0.1) is 0 Å². The number of hydrogen-bond donors (Lipinski definition) is 4. The number of nitrogens with zero attached hydrogens (tertiary/aromatic N) is 6. The lowest BCUT2D eigenvalue weighted by Gasteiger charge is -2.41. The summed E-state index contributed by atoms with van der Waals surface area (Å²) in [6.07, 6.45) is 0.475. The van der Waals surface area contributed by atoms with Crippen LogP contribution in [0.15, 0.2) is 84.9 Å². The van der Waals surface area contributed by atoms with E-state index in [4.69, 9.17) is 34.5 Å². The second-order valence-corrected chi connectivity index (χ2v) is 37.5. The number of likely N-dealkylation sites (N-methyl/N-ethyl adjacent to an activating group) is 4. The number of Topliss-reactive ketones (excluding diaryl/α,β-unsaturated/α-hetero) is 4. The second-order valence-electron chi connectivity index (χ2n) is 37.5.